The number of ether oxygens (including phenoxy) is 1. The minimum absolute atomic E-state index is 0.114. The van der Waals surface area contributed by atoms with E-state index >= 15 is 0 Å². The summed E-state index contributed by atoms with van der Waals surface area (Å²) in [6, 6.07) is 1.28. The maximum absolute atomic E-state index is 11.1. The zero-order valence-electron chi connectivity index (χ0n) is 9.89. The molecule has 1 heterocycles. The Hall–Kier alpha value is -1.43. The minimum Gasteiger partial charge on any atom is -0.479 e. The van der Waals surface area contributed by atoms with E-state index in [2.05, 4.69) is 6.92 Å². The Morgan fingerprint density at radius 1 is 1.53 bits per heavy atom. The maximum atomic E-state index is 11.1. The number of carbonyl (C=O) groups is 1. The summed E-state index contributed by atoms with van der Waals surface area (Å²) in [5.41, 5.74) is -0.114. The number of nitro groups is 1. The van der Waals surface area contributed by atoms with Crippen molar-refractivity contribution < 1.29 is 14.5 Å². The van der Waals surface area contributed by atoms with Gasteiger partial charge in [0.15, 0.2) is 5.78 Å². The summed E-state index contributed by atoms with van der Waals surface area (Å²) >= 11 is 1.04. The standard InChI is InChI=1S/C11H15NO4S/c1-3-4-5-6-16-11-9(12(14)15)7-10(17-11)8(2)13/h7H,3-6H2,1-2H3. The van der Waals surface area contributed by atoms with Crippen molar-refractivity contribution in [2.24, 2.45) is 0 Å². The second-order valence-electron chi connectivity index (χ2n) is 3.65. The average Bonchev–Trinajstić information content (AvgIpc) is 2.68. The highest BCUT2D eigenvalue weighted by Gasteiger charge is 2.22. The third-order valence-corrected chi connectivity index (χ3v) is 3.34. The SMILES string of the molecule is CCCCCOc1sc(C(C)=O)cc1[N+](=O)[O-]. The van der Waals surface area contributed by atoms with Crippen molar-refractivity contribution >= 4 is 22.8 Å². The first-order chi connectivity index (χ1) is 8.06. The van der Waals surface area contributed by atoms with Gasteiger partial charge in [-0.05, 0) is 13.3 Å². The highest BCUT2D eigenvalue weighted by molar-refractivity contribution is 7.16. The molecule has 6 heteroatoms. The lowest BCUT2D eigenvalue weighted by Gasteiger charge is -2.01. The Labute approximate surface area is 104 Å². The third-order valence-electron chi connectivity index (χ3n) is 2.20. The van der Waals surface area contributed by atoms with Crippen LogP contribution in [0.3, 0.4) is 0 Å². The smallest absolute Gasteiger partial charge is 0.323 e. The Balaban J connectivity index is 2.74. The molecule has 0 aliphatic carbocycles. The molecule has 0 amide bonds. The normalized spacial score (nSPS) is 10.2. The summed E-state index contributed by atoms with van der Waals surface area (Å²) < 4.78 is 5.36. The van der Waals surface area contributed by atoms with Gasteiger partial charge in [-0.25, -0.2) is 0 Å². The van der Waals surface area contributed by atoms with Crippen LogP contribution >= 0.6 is 11.3 Å². The van der Waals surface area contributed by atoms with Gasteiger partial charge in [0, 0.05) is 6.07 Å². The van der Waals surface area contributed by atoms with Crippen LogP contribution < -0.4 is 4.74 Å². The van der Waals surface area contributed by atoms with Crippen LogP contribution in [0.2, 0.25) is 0 Å². The number of carbonyl (C=O) groups excluding carboxylic acids is 1. The van der Waals surface area contributed by atoms with E-state index in [1.165, 1.54) is 13.0 Å². The van der Waals surface area contributed by atoms with Gasteiger partial charge in [0.2, 0.25) is 0 Å². The highest BCUT2D eigenvalue weighted by Crippen LogP contribution is 2.37. The lowest BCUT2D eigenvalue weighted by Crippen LogP contribution is -1.97. The fourth-order valence-corrected chi connectivity index (χ4v) is 2.18. The highest BCUT2D eigenvalue weighted by atomic mass is 32.1. The quantitative estimate of drug-likeness (QED) is 0.325. The van der Waals surface area contributed by atoms with Gasteiger partial charge in [-0.3, -0.25) is 14.9 Å². The van der Waals surface area contributed by atoms with E-state index in [0.29, 0.717) is 11.5 Å². The molecule has 0 atom stereocenters. The van der Waals surface area contributed by atoms with Crippen molar-refractivity contribution in [3.05, 3.63) is 21.1 Å². The van der Waals surface area contributed by atoms with Crippen LogP contribution in [0.1, 0.15) is 42.8 Å². The predicted molar refractivity (Wildman–Crippen MR) is 66.0 cm³/mol. The zero-order valence-corrected chi connectivity index (χ0v) is 10.7. The van der Waals surface area contributed by atoms with Gasteiger partial charge in [-0.2, -0.15) is 0 Å². The number of unbranched alkanes of at least 4 members (excludes halogenated alkanes) is 2. The number of hydrogen-bond acceptors (Lipinski definition) is 5. The van der Waals surface area contributed by atoms with Crippen molar-refractivity contribution in [3.8, 4) is 5.06 Å². The molecule has 0 unspecified atom stereocenters. The second-order valence-corrected chi connectivity index (χ2v) is 4.67. The molecule has 0 aliphatic rings. The van der Waals surface area contributed by atoms with Crippen LogP contribution in [0.15, 0.2) is 6.07 Å². The molecular formula is C11H15NO4S. The van der Waals surface area contributed by atoms with Crippen molar-refractivity contribution in [1.82, 2.24) is 0 Å². The van der Waals surface area contributed by atoms with E-state index in [1.54, 1.807) is 0 Å². The number of hydrogen-bond donors (Lipinski definition) is 0. The Bertz CT molecular complexity index is 414. The summed E-state index contributed by atoms with van der Waals surface area (Å²) in [7, 11) is 0. The summed E-state index contributed by atoms with van der Waals surface area (Å²) in [5.74, 6) is -0.179. The summed E-state index contributed by atoms with van der Waals surface area (Å²) in [4.78, 5) is 21.8. The summed E-state index contributed by atoms with van der Waals surface area (Å²) in [6.45, 7) is 3.91. The van der Waals surface area contributed by atoms with Crippen LogP contribution in [0.5, 0.6) is 5.06 Å². The van der Waals surface area contributed by atoms with Gasteiger partial charge in [0.1, 0.15) is 0 Å². The van der Waals surface area contributed by atoms with Crippen LogP contribution in [0, 0.1) is 10.1 Å². The lowest BCUT2D eigenvalue weighted by atomic mass is 10.3. The number of rotatable bonds is 7. The molecule has 1 aromatic rings. The largest absolute Gasteiger partial charge is 0.479 e. The Morgan fingerprint density at radius 3 is 2.76 bits per heavy atom. The van der Waals surface area contributed by atoms with Gasteiger partial charge < -0.3 is 4.74 Å². The topological polar surface area (TPSA) is 69.4 Å². The van der Waals surface area contributed by atoms with E-state index < -0.39 is 4.92 Å². The summed E-state index contributed by atoms with van der Waals surface area (Å²) in [6.07, 6.45) is 2.95. The van der Waals surface area contributed by atoms with Gasteiger partial charge in [0.25, 0.3) is 5.06 Å². The van der Waals surface area contributed by atoms with Crippen molar-refractivity contribution in [2.75, 3.05) is 6.61 Å². The monoisotopic (exact) mass is 257 g/mol. The van der Waals surface area contributed by atoms with Crippen LogP contribution in [0.4, 0.5) is 5.69 Å². The van der Waals surface area contributed by atoms with Crippen LogP contribution in [-0.2, 0) is 0 Å². The number of Topliss-reactive ketones (excluding diaryl/α,β-unsaturated/α-hetero) is 1. The van der Waals surface area contributed by atoms with Crippen molar-refractivity contribution in [1.29, 1.82) is 0 Å². The number of ketones is 1. The number of thiophene rings is 1. The third kappa shape index (κ3) is 3.81. The molecule has 5 nitrogen and oxygen atoms in total. The lowest BCUT2D eigenvalue weighted by molar-refractivity contribution is -0.385. The van der Waals surface area contributed by atoms with Gasteiger partial charge in [-0.15, -0.1) is 0 Å². The Kier molecular flexibility index (Phi) is 5.09. The molecule has 0 saturated heterocycles. The van der Waals surface area contributed by atoms with Crippen LogP contribution in [-0.4, -0.2) is 17.3 Å². The molecule has 17 heavy (non-hydrogen) atoms. The Morgan fingerprint density at radius 2 is 2.24 bits per heavy atom. The maximum Gasteiger partial charge on any atom is 0.323 e. The van der Waals surface area contributed by atoms with E-state index in [9.17, 15) is 14.9 Å². The fraction of sp³-hybridized carbons (Fsp3) is 0.545. The first-order valence-corrected chi connectivity index (χ1v) is 6.29. The molecule has 1 rings (SSSR count). The molecular weight excluding hydrogens is 242 g/mol. The molecule has 0 aromatic carbocycles. The molecule has 0 bridgehead atoms. The summed E-state index contributed by atoms with van der Waals surface area (Å²) in [5, 5.41) is 11.0. The molecule has 0 N–H and O–H groups in total. The van der Waals surface area contributed by atoms with Gasteiger partial charge in [-0.1, -0.05) is 31.1 Å². The molecule has 0 saturated carbocycles. The van der Waals surface area contributed by atoms with E-state index in [0.717, 1.165) is 30.6 Å². The minimum atomic E-state index is -0.516. The van der Waals surface area contributed by atoms with Crippen molar-refractivity contribution in [2.45, 2.75) is 33.1 Å². The van der Waals surface area contributed by atoms with Gasteiger partial charge >= 0.3 is 5.69 Å². The van der Waals surface area contributed by atoms with Gasteiger partial charge in [0.05, 0.1) is 16.4 Å². The predicted octanol–water partition coefficient (Wildman–Crippen LogP) is 3.43. The number of nitrogens with zero attached hydrogens (tertiary/aromatic N) is 1. The molecule has 0 radical (unpaired) electrons. The zero-order chi connectivity index (χ0) is 12.8. The molecule has 0 fully saturated rings. The second kappa shape index (κ2) is 6.34. The van der Waals surface area contributed by atoms with Crippen LogP contribution in [0.25, 0.3) is 0 Å². The van der Waals surface area contributed by atoms with E-state index in [4.69, 9.17) is 4.74 Å². The molecule has 0 aliphatic heterocycles. The van der Waals surface area contributed by atoms with E-state index in [-0.39, 0.29) is 16.5 Å². The first kappa shape index (κ1) is 13.6. The first-order valence-electron chi connectivity index (χ1n) is 5.48. The van der Waals surface area contributed by atoms with E-state index in [1.807, 2.05) is 0 Å². The van der Waals surface area contributed by atoms with Crippen molar-refractivity contribution in [3.63, 3.8) is 0 Å². The molecule has 0 spiro atoms. The molecule has 94 valence electrons. The average molecular weight is 257 g/mol. The molecule has 1 aromatic heterocycles. The fourth-order valence-electron chi connectivity index (χ4n) is 1.29.